The highest BCUT2D eigenvalue weighted by Gasteiger charge is 2.25. The zero-order valence-electron chi connectivity index (χ0n) is 22.7. The maximum Gasteiger partial charge on any atom is 0.258 e. The Kier molecular flexibility index (Phi) is 9.55. The van der Waals surface area contributed by atoms with Gasteiger partial charge >= 0.3 is 0 Å². The first-order valence-electron chi connectivity index (χ1n) is 13.0. The van der Waals surface area contributed by atoms with Gasteiger partial charge in [0.15, 0.2) is 0 Å². The molecule has 8 heteroatoms. The van der Waals surface area contributed by atoms with E-state index in [1.54, 1.807) is 31.2 Å². The van der Waals surface area contributed by atoms with E-state index in [1.165, 1.54) is 11.8 Å². The van der Waals surface area contributed by atoms with Crippen molar-refractivity contribution >= 4 is 35.0 Å². The molecule has 0 saturated heterocycles. The van der Waals surface area contributed by atoms with Gasteiger partial charge in [0.1, 0.15) is 16.8 Å². The number of carbonyl (C=O) groups excluding carboxylic acids is 2. The van der Waals surface area contributed by atoms with Crippen LogP contribution >= 0.6 is 11.8 Å². The van der Waals surface area contributed by atoms with Crippen LogP contribution in [0.1, 0.15) is 41.0 Å². The number of thioether (sulfide) groups is 1. The van der Waals surface area contributed by atoms with Gasteiger partial charge in [0, 0.05) is 16.9 Å². The molecule has 0 unspecified atom stereocenters. The number of aryl methyl sites for hydroxylation is 2. The SMILES string of the molecule is CCOc1ccc(-c2c(C#N)c(SCC(=O)Nc3ccccc3CC)nc(C)c2C(=O)Nc2ccccc2)cc1. The Morgan fingerprint density at radius 1 is 0.950 bits per heavy atom. The van der Waals surface area contributed by atoms with Gasteiger partial charge in [-0.1, -0.05) is 67.2 Å². The summed E-state index contributed by atoms with van der Waals surface area (Å²) >= 11 is 1.17. The van der Waals surface area contributed by atoms with E-state index in [9.17, 15) is 14.9 Å². The van der Waals surface area contributed by atoms with Crippen molar-refractivity contribution in [1.29, 1.82) is 5.26 Å². The first-order valence-corrected chi connectivity index (χ1v) is 14.0. The van der Waals surface area contributed by atoms with Crippen LogP contribution in [0.25, 0.3) is 11.1 Å². The monoisotopic (exact) mass is 550 g/mol. The quantitative estimate of drug-likeness (QED) is 0.209. The highest BCUT2D eigenvalue weighted by atomic mass is 32.2. The number of anilines is 2. The van der Waals surface area contributed by atoms with Gasteiger partial charge in [-0.3, -0.25) is 9.59 Å². The van der Waals surface area contributed by atoms with Gasteiger partial charge in [-0.05, 0) is 61.7 Å². The zero-order chi connectivity index (χ0) is 28.5. The molecule has 0 fully saturated rings. The van der Waals surface area contributed by atoms with Crippen LogP contribution in [0.15, 0.2) is 83.9 Å². The Morgan fingerprint density at radius 3 is 2.33 bits per heavy atom. The van der Waals surface area contributed by atoms with E-state index in [-0.39, 0.29) is 23.1 Å². The molecule has 1 heterocycles. The van der Waals surface area contributed by atoms with Gasteiger partial charge < -0.3 is 15.4 Å². The number of hydrogen-bond acceptors (Lipinski definition) is 6. The predicted octanol–water partition coefficient (Wildman–Crippen LogP) is 6.87. The van der Waals surface area contributed by atoms with Crippen molar-refractivity contribution in [3.8, 4) is 22.9 Å². The molecular weight excluding hydrogens is 520 g/mol. The number of hydrogen-bond donors (Lipinski definition) is 2. The second-order valence-corrected chi connectivity index (χ2v) is 9.83. The zero-order valence-corrected chi connectivity index (χ0v) is 23.5. The molecule has 0 radical (unpaired) electrons. The lowest BCUT2D eigenvalue weighted by Gasteiger charge is -2.17. The molecule has 2 N–H and O–H groups in total. The van der Waals surface area contributed by atoms with E-state index in [0.717, 1.165) is 17.7 Å². The highest BCUT2D eigenvalue weighted by Crippen LogP contribution is 2.36. The molecule has 2 amide bonds. The van der Waals surface area contributed by atoms with Crippen LogP contribution in [0.5, 0.6) is 5.75 Å². The third-order valence-electron chi connectivity index (χ3n) is 6.18. The fraction of sp³-hybridized carbons (Fsp3) is 0.188. The lowest BCUT2D eigenvalue weighted by molar-refractivity contribution is -0.113. The summed E-state index contributed by atoms with van der Waals surface area (Å²) in [5.41, 5.74) is 4.57. The predicted molar refractivity (Wildman–Crippen MR) is 160 cm³/mol. The first-order chi connectivity index (χ1) is 19.4. The minimum absolute atomic E-state index is 0.0530. The topological polar surface area (TPSA) is 104 Å². The normalized spacial score (nSPS) is 10.4. The molecule has 0 aliphatic heterocycles. The third kappa shape index (κ3) is 6.68. The van der Waals surface area contributed by atoms with Crippen molar-refractivity contribution in [1.82, 2.24) is 4.98 Å². The summed E-state index contributed by atoms with van der Waals surface area (Å²) in [4.78, 5) is 31.0. The number of nitriles is 1. The molecule has 4 aromatic rings. The standard InChI is InChI=1S/C32H30N4O3S/c1-4-22-11-9-10-14-27(22)36-28(37)20-40-32-26(19-33)30(23-15-17-25(18-16-23)39-5-2)29(21(3)34-32)31(38)35-24-12-7-6-8-13-24/h6-18H,4-5,20H2,1-3H3,(H,35,38)(H,36,37). The average Bonchev–Trinajstić information content (AvgIpc) is 2.97. The Balaban J connectivity index is 1.71. The lowest BCUT2D eigenvalue weighted by atomic mass is 9.94. The van der Waals surface area contributed by atoms with Gasteiger partial charge in [-0.25, -0.2) is 4.98 Å². The van der Waals surface area contributed by atoms with Crippen molar-refractivity contribution in [3.63, 3.8) is 0 Å². The summed E-state index contributed by atoms with van der Waals surface area (Å²) in [5.74, 6) is 0.159. The van der Waals surface area contributed by atoms with Gasteiger partial charge in [0.25, 0.3) is 5.91 Å². The molecule has 3 aromatic carbocycles. The van der Waals surface area contributed by atoms with Crippen LogP contribution in [0.3, 0.4) is 0 Å². The molecular formula is C32H30N4O3S. The summed E-state index contributed by atoms with van der Waals surface area (Å²) in [5, 5.41) is 16.6. The number of benzene rings is 3. The molecule has 0 atom stereocenters. The van der Waals surface area contributed by atoms with E-state index in [4.69, 9.17) is 4.74 Å². The van der Waals surface area contributed by atoms with Crippen LogP contribution in [0, 0.1) is 18.3 Å². The highest BCUT2D eigenvalue weighted by molar-refractivity contribution is 8.00. The second-order valence-electron chi connectivity index (χ2n) is 8.86. The molecule has 40 heavy (non-hydrogen) atoms. The van der Waals surface area contributed by atoms with E-state index < -0.39 is 0 Å². The molecule has 0 bridgehead atoms. The van der Waals surface area contributed by atoms with Crippen molar-refractivity contribution in [2.75, 3.05) is 23.0 Å². The Hall–Kier alpha value is -4.61. The minimum Gasteiger partial charge on any atom is -0.494 e. The van der Waals surface area contributed by atoms with Crippen LogP contribution < -0.4 is 15.4 Å². The molecule has 0 saturated carbocycles. The van der Waals surface area contributed by atoms with E-state index >= 15 is 0 Å². The number of carbonyl (C=O) groups is 2. The van der Waals surface area contributed by atoms with Gasteiger partial charge in [-0.15, -0.1) is 0 Å². The van der Waals surface area contributed by atoms with Gasteiger partial charge in [0.2, 0.25) is 5.91 Å². The molecule has 0 aliphatic carbocycles. The summed E-state index contributed by atoms with van der Waals surface area (Å²) in [7, 11) is 0. The maximum atomic E-state index is 13.6. The Bertz CT molecular complexity index is 1550. The largest absolute Gasteiger partial charge is 0.494 e. The summed E-state index contributed by atoms with van der Waals surface area (Å²) in [6, 6.07) is 26.3. The van der Waals surface area contributed by atoms with Crippen molar-refractivity contribution in [3.05, 3.63) is 101 Å². The number of para-hydroxylation sites is 2. The summed E-state index contributed by atoms with van der Waals surface area (Å²) in [6.45, 7) is 6.19. The fourth-order valence-electron chi connectivity index (χ4n) is 4.32. The van der Waals surface area contributed by atoms with E-state index in [0.29, 0.717) is 45.5 Å². The summed E-state index contributed by atoms with van der Waals surface area (Å²) < 4.78 is 5.58. The second kappa shape index (κ2) is 13.5. The number of aromatic nitrogens is 1. The van der Waals surface area contributed by atoms with Crippen LogP contribution in [-0.4, -0.2) is 29.2 Å². The maximum absolute atomic E-state index is 13.6. The van der Waals surface area contributed by atoms with E-state index in [2.05, 4.69) is 21.7 Å². The van der Waals surface area contributed by atoms with Gasteiger partial charge in [0.05, 0.1) is 29.2 Å². The molecule has 202 valence electrons. The Labute approximate surface area is 238 Å². The van der Waals surface area contributed by atoms with Crippen molar-refractivity contribution < 1.29 is 14.3 Å². The van der Waals surface area contributed by atoms with Crippen molar-refractivity contribution in [2.45, 2.75) is 32.2 Å². The van der Waals surface area contributed by atoms with Crippen molar-refractivity contribution in [2.24, 2.45) is 0 Å². The van der Waals surface area contributed by atoms with E-state index in [1.807, 2.05) is 68.4 Å². The smallest absolute Gasteiger partial charge is 0.258 e. The Morgan fingerprint density at radius 2 is 1.65 bits per heavy atom. The number of nitrogens with one attached hydrogen (secondary N) is 2. The minimum atomic E-state index is -0.373. The number of ether oxygens (including phenoxy) is 1. The molecule has 1 aromatic heterocycles. The third-order valence-corrected chi connectivity index (χ3v) is 7.16. The van der Waals surface area contributed by atoms with Crippen LogP contribution in [0.4, 0.5) is 11.4 Å². The average molecular weight is 551 g/mol. The summed E-state index contributed by atoms with van der Waals surface area (Å²) in [6.07, 6.45) is 0.793. The van der Waals surface area contributed by atoms with Crippen LogP contribution in [0.2, 0.25) is 0 Å². The van der Waals surface area contributed by atoms with Gasteiger partial charge in [-0.2, -0.15) is 5.26 Å². The molecule has 7 nitrogen and oxygen atoms in total. The number of pyridine rings is 1. The number of rotatable bonds is 10. The molecule has 0 spiro atoms. The fourth-order valence-corrected chi connectivity index (χ4v) is 5.16. The lowest BCUT2D eigenvalue weighted by Crippen LogP contribution is -2.18. The molecule has 0 aliphatic rings. The number of amides is 2. The first kappa shape index (κ1) is 28.4. The van der Waals surface area contributed by atoms with Crippen LogP contribution in [-0.2, 0) is 11.2 Å². The molecule has 4 rings (SSSR count). The number of nitrogens with zero attached hydrogens (tertiary/aromatic N) is 2.